The molecule has 1 unspecified atom stereocenters. The molecular formula is C17H27N3O2. The summed E-state index contributed by atoms with van der Waals surface area (Å²) in [6.45, 7) is 8.00. The molecule has 0 aliphatic carbocycles. The fourth-order valence-corrected chi connectivity index (χ4v) is 2.74. The summed E-state index contributed by atoms with van der Waals surface area (Å²) in [7, 11) is 0. The summed E-state index contributed by atoms with van der Waals surface area (Å²) in [5.74, 6) is 0.819. The lowest BCUT2D eigenvalue weighted by atomic mass is 9.88. The van der Waals surface area contributed by atoms with Crippen LogP contribution in [-0.4, -0.2) is 37.2 Å². The highest BCUT2D eigenvalue weighted by atomic mass is 16.5. The van der Waals surface area contributed by atoms with Crippen molar-refractivity contribution in [1.82, 2.24) is 10.6 Å². The average Bonchev–Trinajstić information content (AvgIpc) is 2.47. The number of aryl methyl sites for hydroxylation is 2. The van der Waals surface area contributed by atoms with Crippen molar-refractivity contribution < 1.29 is 9.53 Å². The monoisotopic (exact) mass is 305 g/mol. The number of hydrogen-bond acceptors (Lipinski definition) is 4. The standard InChI is InChI=1S/C17H27N3O2/c1-12-5-4-6-13(2)15(12)22-11-14(3)20-16(21)17(18)7-9-19-10-8-17/h4-6,14,19H,7-11,18H2,1-3H3,(H,20,21). The molecule has 1 aromatic rings. The number of para-hydroxylation sites is 1. The Morgan fingerprint density at radius 2 is 1.95 bits per heavy atom. The van der Waals surface area contributed by atoms with Crippen molar-refractivity contribution in [2.75, 3.05) is 19.7 Å². The molecule has 2 rings (SSSR count). The molecular weight excluding hydrogens is 278 g/mol. The van der Waals surface area contributed by atoms with E-state index in [9.17, 15) is 4.79 Å². The molecule has 5 nitrogen and oxygen atoms in total. The predicted octanol–water partition coefficient (Wildman–Crippen LogP) is 1.27. The maximum atomic E-state index is 12.4. The number of carbonyl (C=O) groups excluding carboxylic acids is 1. The van der Waals surface area contributed by atoms with Gasteiger partial charge in [-0.05, 0) is 57.8 Å². The van der Waals surface area contributed by atoms with E-state index in [1.165, 1.54) is 0 Å². The van der Waals surface area contributed by atoms with Crippen molar-refractivity contribution in [3.8, 4) is 5.75 Å². The molecule has 1 amide bonds. The highest BCUT2D eigenvalue weighted by Gasteiger charge is 2.35. The van der Waals surface area contributed by atoms with E-state index in [4.69, 9.17) is 10.5 Å². The van der Waals surface area contributed by atoms with Crippen LogP contribution in [0.25, 0.3) is 0 Å². The fourth-order valence-electron chi connectivity index (χ4n) is 2.74. The molecule has 1 aromatic carbocycles. The van der Waals surface area contributed by atoms with Crippen molar-refractivity contribution in [2.24, 2.45) is 5.73 Å². The second kappa shape index (κ2) is 7.11. The zero-order valence-corrected chi connectivity index (χ0v) is 13.7. The summed E-state index contributed by atoms with van der Waals surface area (Å²) in [5.41, 5.74) is 7.67. The van der Waals surface area contributed by atoms with Gasteiger partial charge in [-0.25, -0.2) is 0 Å². The Balaban J connectivity index is 1.87. The van der Waals surface area contributed by atoms with E-state index >= 15 is 0 Å². The normalized spacial score (nSPS) is 18.5. The van der Waals surface area contributed by atoms with E-state index in [2.05, 4.69) is 10.6 Å². The van der Waals surface area contributed by atoms with Gasteiger partial charge in [0.1, 0.15) is 12.4 Å². The Hall–Kier alpha value is -1.59. The van der Waals surface area contributed by atoms with Crippen molar-refractivity contribution in [3.63, 3.8) is 0 Å². The summed E-state index contributed by atoms with van der Waals surface area (Å²) >= 11 is 0. The van der Waals surface area contributed by atoms with E-state index in [0.717, 1.165) is 30.0 Å². The van der Waals surface area contributed by atoms with Crippen LogP contribution < -0.4 is 21.1 Å². The van der Waals surface area contributed by atoms with Crippen molar-refractivity contribution in [1.29, 1.82) is 0 Å². The molecule has 1 atom stereocenters. The predicted molar refractivity (Wildman–Crippen MR) is 88.0 cm³/mol. The Kier molecular flexibility index (Phi) is 5.42. The third-order valence-electron chi connectivity index (χ3n) is 4.21. The number of nitrogens with two attached hydrogens (primary N) is 1. The Morgan fingerprint density at radius 3 is 2.55 bits per heavy atom. The minimum atomic E-state index is -0.752. The maximum absolute atomic E-state index is 12.4. The van der Waals surface area contributed by atoms with E-state index in [-0.39, 0.29) is 11.9 Å². The van der Waals surface area contributed by atoms with E-state index in [0.29, 0.717) is 19.4 Å². The maximum Gasteiger partial charge on any atom is 0.240 e. The molecule has 0 spiro atoms. The molecule has 1 saturated heterocycles. The number of rotatable bonds is 5. The van der Waals surface area contributed by atoms with Crippen LogP contribution in [0.2, 0.25) is 0 Å². The quantitative estimate of drug-likeness (QED) is 0.765. The van der Waals surface area contributed by atoms with Gasteiger partial charge in [0, 0.05) is 0 Å². The molecule has 0 aromatic heterocycles. The molecule has 1 heterocycles. The van der Waals surface area contributed by atoms with Gasteiger partial charge in [0.2, 0.25) is 5.91 Å². The number of piperidine rings is 1. The van der Waals surface area contributed by atoms with E-state index in [1.807, 2.05) is 39.0 Å². The Morgan fingerprint density at radius 1 is 1.36 bits per heavy atom. The van der Waals surface area contributed by atoms with E-state index < -0.39 is 5.54 Å². The van der Waals surface area contributed by atoms with Crippen molar-refractivity contribution in [2.45, 2.75) is 45.2 Å². The first kappa shape index (κ1) is 16.8. The third-order valence-corrected chi connectivity index (χ3v) is 4.21. The Labute approximate surface area is 132 Å². The lowest BCUT2D eigenvalue weighted by Gasteiger charge is -2.33. The molecule has 0 radical (unpaired) electrons. The molecule has 5 heteroatoms. The van der Waals surface area contributed by atoms with Crippen LogP contribution in [0, 0.1) is 13.8 Å². The summed E-state index contributed by atoms with van der Waals surface area (Å²) in [5, 5.41) is 6.21. The first-order valence-corrected chi connectivity index (χ1v) is 7.92. The molecule has 0 saturated carbocycles. The minimum Gasteiger partial charge on any atom is -0.491 e. The minimum absolute atomic E-state index is 0.0772. The van der Waals surface area contributed by atoms with Gasteiger partial charge in [0.05, 0.1) is 11.6 Å². The first-order valence-electron chi connectivity index (χ1n) is 7.92. The molecule has 4 N–H and O–H groups in total. The summed E-state index contributed by atoms with van der Waals surface area (Å²) < 4.78 is 5.88. The highest BCUT2D eigenvalue weighted by molar-refractivity contribution is 5.86. The number of carbonyl (C=O) groups is 1. The first-order chi connectivity index (χ1) is 10.4. The number of ether oxygens (including phenoxy) is 1. The van der Waals surface area contributed by atoms with Crippen LogP contribution in [0.3, 0.4) is 0 Å². The molecule has 1 aliphatic heterocycles. The lowest BCUT2D eigenvalue weighted by molar-refractivity contribution is -0.128. The number of benzene rings is 1. The van der Waals surface area contributed by atoms with E-state index in [1.54, 1.807) is 0 Å². The van der Waals surface area contributed by atoms with Crippen molar-refractivity contribution >= 4 is 5.91 Å². The van der Waals surface area contributed by atoms with Crippen LogP contribution >= 0.6 is 0 Å². The SMILES string of the molecule is Cc1cccc(C)c1OCC(C)NC(=O)C1(N)CCNCC1. The average molecular weight is 305 g/mol. The summed E-state index contributed by atoms with van der Waals surface area (Å²) in [6, 6.07) is 5.98. The molecule has 1 aliphatic rings. The van der Waals surface area contributed by atoms with Crippen molar-refractivity contribution in [3.05, 3.63) is 29.3 Å². The Bertz CT molecular complexity index is 504. The number of hydrogen-bond donors (Lipinski definition) is 3. The number of nitrogens with one attached hydrogen (secondary N) is 2. The third kappa shape index (κ3) is 3.99. The van der Waals surface area contributed by atoms with Crippen LogP contribution in [0.5, 0.6) is 5.75 Å². The van der Waals surface area contributed by atoms with Gasteiger partial charge in [-0.3, -0.25) is 4.79 Å². The molecule has 22 heavy (non-hydrogen) atoms. The summed E-state index contributed by atoms with van der Waals surface area (Å²) in [6.07, 6.45) is 1.34. The van der Waals surface area contributed by atoms with Crippen LogP contribution in [0.1, 0.15) is 30.9 Å². The second-order valence-electron chi connectivity index (χ2n) is 6.31. The van der Waals surface area contributed by atoms with Crippen LogP contribution in [0.4, 0.5) is 0 Å². The van der Waals surface area contributed by atoms with Gasteiger partial charge in [0.15, 0.2) is 0 Å². The fraction of sp³-hybridized carbons (Fsp3) is 0.588. The summed E-state index contributed by atoms with van der Waals surface area (Å²) in [4.78, 5) is 12.4. The molecule has 122 valence electrons. The van der Waals surface area contributed by atoms with Gasteiger partial charge >= 0.3 is 0 Å². The zero-order valence-electron chi connectivity index (χ0n) is 13.7. The molecule has 0 bridgehead atoms. The van der Waals surface area contributed by atoms with Crippen LogP contribution in [-0.2, 0) is 4.79 Å². The van der Waals surface area contributed by atoms with Gasteiger partial charge in [-0.1, -0.05) is 18.2 Å². The van der Waals surface area contributed by atoms with Gasteiger partial charge in [-0.2, -0.15) is 0 Å². The largest absolute Gasteiger partial charge is 0.491 e. The van der Waals surface area contributed by atoms with Gasteiger partial charge < -0.3 is 21.1 Å². The topological polar surface area (TPSA) is 76.4 Å². The second-order valence-corrected chi connectivity index (χ2v) is 6.31. The zero-order chi connectivity index (χ0) is 16.2. The van der Waals surface area contributed by atoms with Crippen LogP contribution in [0.15, 0.2) is 18.2 Å². The molecule has 1 fully saturated rings. The van der Waals surface area contributed by atoms with Gasteiger partial charge in [-0.15, -0.1) is 0 Å². The number of amides is 1. The van der Waals surface area contributed by atoms with Gasteiger partial charge in [0.25, 0.3) is 0 Å². The highest BCUT2D eigenvalue weighted by Crippen LogP contribution is 2.22. The lowest BCUT2D eigenvalue weighted by Crippen LogP contribution is -2.60. The smallest absolute Gasteiger partial charge is 0.240 e.